The molecular formula is C22H34N2O2. The Hall–Kier alpha value is -1.32. The molecule has 3 aliphatic rings. The molecule has 1 aromatic heterocycles. The number of oxime groups is 1. The van der Waals surface area contributed by atoms with Crippen LogP contribution >= 0.6 is 0 Å². The van der Waals surface area contributed by atoms with Crippen molar-refractivity contribution in [1.29, 1.82) is 0 Å². The van der Waals surface area contributed by atoms with Gasteiger partial charge in [-0.05, 0) is 43.9 Å². The first-order valence-electron chi connectivity index (χ1n) is 10.4. The van der Waals surface area contributed by atoms with Crippen LogP contribution in [0.3, 0.4) is 0 Å². The molecule has 0 saturated heterocycles. The Bertz CT molecular complexity index is 730. The summed E-state index contributed by atoms with van der Waals surface area (Å²) in [7, 11) is 0. The average Bonchev–Trinajstić information content (AvgIpc) is 3.21. The minimum absolute atomic E-state index is 0.00920. The van der Waals surface area contributed by atoms with Crippen LogP contribution in [0.2, 0.25) is 0 Å². The maximum Gasteiger partial charge on any atom is 0.150 e. The van der Waals surface area contributed by atoms with Gasteiger partial charge in [0.15, 0.2) is 0 Å². The SMILES string of the molecule is CC(C)C1(C(C)C)ON=C2[C@H]1CC[C@@]21CCCc2c1noc2C(C)(C)C. The molecule has 0 unspecified atom stereocenters. The van der Waals surface area contributed by atoms with Crippen molar-refractivity contribution in [2.75, 3.05) is 0 Å². The molecule has 1 aromatic rings. The zero-order valence-electron chi connectivity index (χ0n) is 17.5. The fraction of sp³-hybridized carbons (Fsp3) is 0.818. The Labute approximate surface area is 157 Å². The van der Waals surface area contributed by atoms with E-state index >= 15 is 0 Å². The van der Waals surface area contributed by atoms with Crippen LogP contribution in [0.15, 0.2) is 9.68 Å². The minimum Gasteiger partial charge on any atom is -0.388 e. The van der Waals surface area contributed by atoms with Crippen molar-refractivity contribution in [3.8, 4) is 0 Å². The zero-order chi connectivity index (χ0) is 18.9. The highest BCUT2D eigenvalue weighted by Crippen LogP contribution is 2.58. The van der Waals surface area contributed by atoms with Gasteiger partial charge < -0.3 is 9.36 Å². The molecule has 144 valence electrons. The fourth-order valence-corrected chi connectivity index (χ4v) is 6.14. The third-order valence-corrected chi connectivity index (χ3v) is 7.28. The summed E-state index contributed by atoms with van der Waals surface area (Å²) in [6, 6.07) is 0. The molecule has 1 aliphatic heterocycles. The van der Waals surface area contributed by atoms with Gasteiger partial charge in [0.05, 0.1) is 16.8 Å². The van der Waals surface area contributed by atoms with Crippen molar-refractivity contribution < 1.29 is 9.36 Å². The van der Waals surface area contributed by atoms with E-state index in [9.17, 15) is 0 Å². The topological polar surface area (TPSA) is 47.6 Å². The summed E-state index contributed by atoms with van der Waals surface area (Å²) < 4.78 is 5.92. The number of fused-ring (bicyclic) bond motifs is 4. The van der Waals surface area contributed by atoms with Gasteiger partial charge in [0.2, 0.25) is 0 Å². The van der Waals surface area contributed by atoms with Gasteiger partial charge >= 0.3 is 0 Å². The predicted molar refractivity (Wildman–Crippen MR) is 103 cm³/mol. The highest BCUT2D eigenvalue weighted by atomic mass is 16.7. The van der Waals surface area contributed by atoms with Crippen molar-refractivity contribution in [2.24, 2.45) is 22.9 Å². The van der Waals surface area contributed by atoms with E-state index in [0.717, 1.165) is 31.4 Å². The van der Waals surface area contributed by atoms with Crippen molar-refractivity contribution >= 4 is 5.71 Å². The van der Waals surface area contributed by atoms with E-state index in [1.807, 2.05) is 0 Å². The van der Waals surface area contributed by atoms with Gasteiger partial charge in [0.1, 0.15) is 11.4 Å². The van der Waals surface area contributed by atoms with Crippen molar-refractivity contribution in [2.45, 2.75) is 97.0 Å². The summed E-state index contributed by atoms with van der Waals surface area (Å²) in [5, 5.41) is 9.42. The van der Waals surface area contributed by atoms with Gasteiger partial charge in [0, 0.05) is 16.9 Å². The second-order valence-electron chi connectivity index (χ2n) is 10.3. The Kier molecular flexibility index (Phi) is 3.88. The molecule has 26 heavy (non-hydrogen) atoms. The second kappa shape index (κ2) is 5.59. The molecule has 0 aromatic carbocycles. The summed E-state index contributed by atoms with van der Waals surface area (Å²) in [6.45, 7) is 15.8. The maximum atomic E-state index is 6.28. The highest BCUT2D eigenvalue weighted by molar-refractivity contribution is 6.00. The third-order valence-electron chi connectivity index (χ3n) is 7.28. The van der Waals surface area contributed by atoms with Crippen molar-refractivity contribution in [3.63, 3.8) is 0 Å². The summed E-state index contributed by atoms with van der Waals surface area (Å²) in [6.07, 6.45) is 5.66. The largest absolute Gasteiger partial charge is 0.388 e. The monoisotopic (exact) mass is 358 g/mol. The number of hydrogen-bond acceptors (Lipinski definition) is 4. The molecule has 2 atom stereocenters. The van der Waals surface area contributed by atoms with Crippen LogP contribution in [0, 0.1) is 17.8 Å². The molecule has 4 heteroatoms. The van der Waals surface area contributed by atoms with Crippen LogP contribution < -0.4 is 0 Å². The van der Waals surface area contributed by atoms with Crippen LogP contribution in [-0.2, 0) is 22.1 Å². The molecule has 0 radical (unpaired) electrons. The molecule has 1 fully saturated rings. The van der Waals surface area contributed by atoms with Crippen LogP contribution in [0.5, 0.6) is 0 Å². The van der Waals surface area contributed by atoms with E-state index in [-0.39, 0.29) is 16.4 Å². The number of hydrogen-bond donors (Lipinski definition) is 0. The molecule has 4 nitrogen and oxygen atoms in total. The number of nitrogens with zero attached hydrogens (tertiary/aromatic N) is 2. The molecule has 0 amide bonds. The van der Waals surface area contributed by atoms with Gasteiger partial charge in [-0.2, -0.15) is 0 Å². The van der Waals surface area contributed by atoms with Gasteiger partial charge in [0.25, 0.3) is 0 Å². The summed E-state index contributed by atoms with van der Waals surface area (Å²) in [5.41, 5.74) is 3.53. The summed E-state index contributed by atoms with van der Waals surface area (Å²) in [5.74, 6) is 2.35. The van der Waals surface area contributed by atoms with E-state index < -0.39 is 0 Å². The highest BCUT2D eigenvalue weighted by Gasteiger charge is 2.63. The lowest BCUT2D eigenvalue weighted by molar-refractivity contribution is -0.113. The maximum absolute atomic E-state index is 6.28. The normalized spacial score (nSPS) is 29.9. The molecule has 2 aliphatic carbocycles. The molecule has 1 saturated carbocycles. The summed E-state index contributed by atoms with van der Waals surface area (Å²) >= 11 is 0. The lowest BCUT2D eigenvalue weighted by atomic mass is 9.65. The van der Waals surface area contributed by atoms with Crippen molar-refractivity contribution in [3.05, 3.63) is 17.0 Å². The Balaban J connectivity index is 1.80. The lowest BCUT2D eigenvalue weighted by Gasteiger charge is -2.39. The molecule has 0 N–H and O–H groups in total. The van der Waals surface area contributed by atoms with E-state index in [4.69, 9.17) is 14.5 Å². The molecule has 0 bridgehead atoms. The van der Waals surface area contributed by atoms with E-state index in [0.29, 0.717) is 17.8 Å². The van der Waals surface area contributed by atoms with Gasteiger partial charge in [-0.25, -0.2) is 0 Å². The second-order valence-corrected chi connectivity index (χ2v) is 10.3. The van der Waals surface area contributed by atoms with Gasteiger partial charge in [-0.15, -0.1) is 0 Å². The Morgan fingerprint density at radius 2 is 1.77 bits per heavy atom. The standard InChI is InChI=1S/C22H34N2O2/c1-13(2)22(14(3)4)16-10-12-21(18(16)24-26-22)11-8-9-15-17(21)23-25-19(15)20(5,6)7/h13-14,16H,8-12H2,1-7H3/t16-,21-/m1/s1. The Morgan fingerprint density at radius 3 is 2.38 bits per heavy atom. The first-order valence-corrected chi connectivity index (χ1v) is 10.4. The smallest absolute Gasteiger partial charge is 0.150 e. The third kappa shape index (κ3) is 2.13. The quantitative estimate of drug-likeness (QED) is 0.712. The first-order chi connectivity index (χ1) is 12.1. The van der Waals surface area contributed by atoms with E-state index in [1.54, 1.807) is 0 Å². The minimum atomic E-state index is -0.174. The van der Waals surface area contributed by atoms with Gasteiger partial charge in [-0.3, -0.25) is 0 Å². The van der Waals surface area contributed by atoms with Crippen LogP contribution in [-0.4, -0.2) is 16.5 Å². The predicted octanol–water partition coefficient (Wildman–Crippen LogP) is 5.39. The molecule has 2 heterocycles. The fourth-order valence-electron chi connectivity index (χ4n) is 6.14. The van der Waals surface area contributed by atoms with E-state index in [1.165, 1.54) is 23.4 Å². The van der Waals surface area contributed by atoms with Gasteiger partial charge in [-0.1, -0.05) is 58.8 Å². The number of rotatable bonds is 2. The lowest BCUT2D eigenvalue weighted by Crippen LogP contribution is -2.48. The zero-order valence-corrected chi connectivity index (χ0v) is 17.5. The van der Waals surface area contributed by atoms with Crippen molar-refractivity contribution in [1.82, 2.24) is 5.16 Å². The van der Waals surface area contributed by atoms with E-state index in [2.05, 4.69) is 53.6 Å². The van der Waals surface area contributed by atoms with Crippen LogP contribution in [0.4, 0.5) is 0 Å². The molecule has 4 rings (SSSR count). The Morgan fingerprint density at radius 1 is 1.08 bits per heavy atom. The van der Waals surface area contributed by atoms with Crippen LogP contribution in [0.1, 0.15) is 91.2 Å². The first kappa shape index (κ1) is 18.1. The molecular weight excluding hydrogens is 324 g/mol. The van der Waals surface area contributed by atoms with Crippen LogP contribution in [0.25, 0.3) is 0 Å². The molecule has 1 spiro atoms. The summed E-state index contributed by atoms with van der Waals surface area (Å²) in [4.78, 5) is 6.28. The average molecular weight is 359 g/mol. The number of aromatic nitrogens is 1.